The van der Waals surface area contributed by atoms with Gasteiger partial charge in [-0.05, 0) is 55.3 Å². The summed E-state index contributed by atoms with van der Waals surface area (Å²) in [6.45, 7) is 4.66. The lowest BCUT2D eigenvalue weighted by Crippen LogP contribution is -2.18. The van der Waals surface area contributed by atoms with E-state index in [-0.39, 0.29) is 5.41 Å². The average molecular weight is 665 g/mol. The van der Waals surface area contributed by atoms with Crippen molar-refractivity contribution in [2.24, 2.45) is 0 Å². The van der Waals surface area contributed by atoms with Crippen molar-refractivity contribution in [1.82, 2.24) is 0 Å². The van der Waals surface area contributed by atoms with Gasteiger partial charge in [-0.2, -0.15) is 0 Å². The van der Waals surface area contributed by atoms with E-state index in [1.807, 2.05) is 22.7 Å². The van der Waals surface area contributed by atoms with Crippen LogP contribution in [0, 0.1) is 0 Å². The lowest BCUT2D eigenvalue weighted by molar-refractivity contribution is 0.641. The molecule has 6 aromatic carbocycles. The zero-order chi connectivity index (χ0) is 33.2. The number of hydrogen-bond donors (Lipinski definition) is 0. The Bertz CT molecular complexity index is 2130. The Kier molecular flexibility index (Phi) is 8.43. The van der Waals surface area contributed by atoms with Gasteiger partial charge < -0.3 is 0 Å². The van der Waals surface area contributed by atoms with Crippen LogP contribution in [-0.4, -0.2) is 0 Å². The molecule has 0 fully saturated rings. The summed E-state index contributed by atoms with van der Waals surface area (Å²) in [5.74, 6) is 0. The lowest BCUT2D eigenvalue weighted by atomic mass is 9.77. The van der Waals surface area contributed by atoms with Crippen LogP contribution in [0.5, 0.6) is 0 Å². The Morgan fingerprint density at radius 2 is 0.633 bits per heavy atom. The van der Waals surface area contributed by atoms with E-state index in [1.165, 1.54) is 76.5 Å². The topological polar surface area (TPSA) is 0 Å². The van der Waals surface area contributed by atoms with Crippen molar-refractivity contribution in [2.45, 2.75) is 19.3 Å². The second kappa shape index (κ2) is 13.3. The van der Waals surface area contributed by atoms with Gasteiger partial charge in [-0.15, -0.1) is 22.7 Å². The Labute approximate surface area is 297 Å². The molecule has 0 N–H and O–H groups in total. The van der Waals surface area contributed by atoms with Crippen LogP contribution in [0.2, 0.25) is 0 Å². The third kappa shape index (κ3) is 5.99. The van der Waals surface area contributed by atoms with Gasteiger partial charge in [0.1, 0.15) is 0 Å². The predicted octanol–water partition coefficient (Wildman–Crippen LogP) is 14.1. The maximum atomic E-state index is 2.33. The first kappa shape index (κ1) is 31.0. The maximum absolute atomic E-state index is 2.33. The fourth-order valence-corrected chi connectivity index (χ4v) is 9.04. The zero-order valence-electron chi connectivity index (χ0n) is 27.6. The van der Waals surface area contributed by atoms with E-state index in [9.17, 15) is 0 Å². The van der Waals surface area contributed by atoms with Crippen LogP contribution in [0.1, 0.15) is 25.0 Å². The van der Waals surface area contributed by atoms with Gasteiger partial charge in [-0.3, -0.25) is 0 Å². The minimum Gasteiger partial charge on any atom is -0.142 e. The molecule has 0 aliphatic carbocycles. The van der Waals surface area contributed by atoms with Gasteiger partial charge in [0.15, 0.2) is 0 Å². The standard InChI is InChI=1S/C47H36S2/c1-47(2,39-27-23-37(24-28-39)45-43(35-19-11-5-12-20-35)41(31-48-45)33-15-7-3-8-16-33)40-29-25-38(26-30-40)46-44(36-21-13-6-14-22-36)42(32-49-46)34-17-9-4-10-18-34/h3-32H,1-2H3. The molecular formula is C47H36S2. The first-order valence-electron chi connectivity index (χ1n) is 16.7. The molecule has 0 amide bonds. The molecule has 2 aromatic heterocycles. The summed E-state index contributed by atoms with van der Waals surface area (Å²) in [5, 5.41) is 4.62. The zero-order valence-corrected chi connectivity index (χ0v) is 29.3. The minimum absolute atomic E-state index is 0.156. The van der Waals surface area contributed by atoms with Gasteiger partial charge in [0.25, 0.3) is 0 Å². The summed E-state index contributed by atoms with van der Waals surface area (Å²) >= 11 is 3.66. The van der Waals surface area contributed by atoms with Crippen molar-refractivity contribution >= 4 is 22.7 Å². The highest BCUT2D eigenvalue weighted by atomic mass is 32.1. The Morgan fingerprint density at radius 1 is 0.327 bits per heavy atom. The van der Waals surface area contributed by atoms with Crippen LogP contribution in [0.25, 0.3) is 65.4 Å². The number of hydrogen-bond acceptors (Lipinski definition) is 2. The highest BCUT2D eigenvalue weighted by Crippen LogP contribution is 2.47. The summed E-state index contributed by atoms with van der Waals surface area (Å²) in [7, 11) is 0. The molecule has 0 aliphatic rings. The van der Waals surface area contributed by atoms with E-state index in [0.29, 0.717) is 0 Å². The fourth-order valence-electron chi connectivity index (χ4n) is 6.83. The molecule has 236 valence electrons. The number of rotatable bonds is 8. The van der Waals surface area contributed by atoms with Crippen LogP contribution >= 0.6 is 22.7 Å². The van der Waals surface area contributed by atoms with E-state index in [0.717, 1.165) is 0 Å². The van der Waals surface area contributed by atoms with Crippen molar-refractivity contribution in [3.63, 3.8) is 0 Å². The maximum Gasteiger partial charge on any atom is 0.0427 e. The smallest absolute Gasteiger partial charge is 0.0427 e. The van der Waals surface area contributed by atoms with Crippen LogP contribution in [0.4, 0.5) is 0 Å². The number of thiophene rings is 2. The summed E-state index contributed by atoms with van der Waals surface area (Å²) < 4.78 is 0. The third-order valence-corrected chi connectivity index (χ3v) is 11.7. The molecule has 0 saturated carbocycles. The summed E-state index contributed by atoms with van der Waals surface area (Å²) in [6, 6.07) is 61.6. The van der Waals surface area contributed by atoms with Crippen LogP contribution in [0.15, 0.2) is 181 Å². The van der Waals surface area contributed by atoms with E-state index in [1.54, 1.807) is 0 Å². The largest absolute Gasteiger partial charge is 0.142 e. The van der Waals surface area contributed by atoms with Crippen molar-refractivity contribution in [1.29, 1.82) is 0 Å². The fraction of sp³-hybridized carbons (Fsp3) is 0.0638. The normalized spacial score (nSPS) is 11.5. The summed E-state index contributed by atoms with van der Waals surface area (Å²) in [4.78, 5) is 2.61. The molecule has 0 bridgehead atoms. The molecule has 0 radical (unpaired) electrons. The Balaban J connectivity index is 1.12. The monoisotopic (exact) mass is 664 g/mol. The SMILES string of the molecule is CC(C)(c1ccc(-c2scc(-c3ccccc3)c2-c2ccccc2)cc1)c1ccc(-c2scc(-c3ccccc3)c2-c2ccccc2)cc1. The van der Waals surface area contributed by atoms with E-state index >= 15 is 0 Å². The molecule has 0 saturated heterocycles. The van der Waals surface area contributed by atoms with Crippen molar-refractivity contribution in [3.8, 4) is 65.4 Å². The second-order valence-electron chi connectivity index (χ2n) is 13.0. The number of benzene rings is 6. The molecule has 8 rings (SSSR count). The minimum atomic E-state index is -0.156. The van der Waals surface area contributed by atoms with Crippen LogP contribution in [0.3, 0.4) is 0 Å². The van der Waals surface area contributed by atoms with E-state index in [2.05, 4.69) is 194 Å². The molecule has 0 aliphatic heterocycles. The molecule has 0 unspecified atom stereocenters. The van der Waals surface area contributed by atoms with E-state index < -0.39 is 0 Å². The lowest BCUT2D eigenvalue weighted by Gasteiger charge is -2.26. The predicted molar refractivity (Wildman–Crippen MR) is 213 cm³/mol. The second-order valence-corrected chi connectivity index (χ2v) is 14.7. The first-order chi connectivity index (χ1) is 24.1. The average Bonchev–Trinajstić information content (AvgIpc) is 3.82. The van der Waals surface area contributed by atoms with Gasteiger partial charge >= 0.3 is 0 Å². The highest BCUT2D eigenvalue weighted by molar-refractivity contribution is 7.15. The molecular weight excluding hydrogens is 629 g/mol. The van der Waals surface area contributed by atoms with Gasteiger partial charge in [-0.1, -0.05) is 184 Å². The first-order valence-corrected chi connectivity index (χ1v) is 18.5. The molecule has 49 heavy (non-hydrogen) atoms. The molecule has 0 spiro atoms. The van der Waals surface area contributed by atoms with Gasteiger partial charge in [0.2, 0.25) is 0 Å². The molecule has 2 heteroatoms. The quantitative estimate of drug-likeness (QED) is 0.152. The van der Waals surface area contributed by atoms with Crippen molar-refractivity contribution < 1.29 is 0 Å². The summed E-state index contributed by atoms with van der Waals surface area (Å²) in [6.07, 6.45) is 0. The third-order valence-electron chi connectivity index (χ3n) is 9.61. The van der Waals surface area contributed by atoms with Crippen LogP contribution in [-0.2, 0) is 5.41 Å². The van der Waals surface area contributed by atoms with Gasteiger partial charge in [0, 0.05) is 37.4 Å². The van der Waals surface area contributed by atoms with Gasteiger partial charge in [-0.25, -0.2) is 0 Å². The van der Waals surface area contributed by atoms with Gasteiger partial charge in [0.05, 0.1) is 0 Å². The Morgan fingerprint density at radius 3 is 0.959 bits per heavy atom. The Hall–Kier alpha value is -5.28. The van der Waals surface area contributed by atoms with E-state index in [4.69, 9.17) is 0 Å². The molecule has 0 nitrogen and oxygen atoms in total. The summed E-state index contributed by atoms with van der Waals surface area (Å²) in [5.41, 5.74) is 15.1. The van der Waals surface area contributed by atoms with Crippen molar-refractivity contribution in [2.75, 3.05) is 0 Å². The van der Waals surface area contributed by atoms with Crippen LogP contribution < -0.4 is 0 Å². The highest BCUT2D eigenvalue weighted by Gasteiger charge is 2.25. The van der Waals surface area contributed by atoms with Crippen molar-refractivity contribution in [3.05, 3.63) is 192 Å². The molecule has 0 atom stereocenters. The molecule has 8 aromatic rings. The molecule has 2 heterocycles.